The van der Waals surface area contributed by atoms with E-state index in [-0.39, 0.29) is 16.8 Å². The summed E-state index contributed by atoms with van der Waals surface area (Å²) in [5, 5.41) is 1.14. The fourth-order valence-electron chi connectivity index (χ4n) is 8.42. The van der Waals surface area contributed by atoms with Gasteiger partial charge in [-0.1, -0.05) is 34.1 Å². The molecule has 5 rings (SSSR count). The van der Waals surface area contributed by atoms with Crippen molar-refractivity contribution in [3.63, 3.8) is 0 Å². The fraction of sp³-hybridized carbons (Fsp3) is 0.679. The Morgan fingerprint density at radius 1 is 1.09 bits per heavy atom. The van der Waals surface area contributed by atoms with Crippen molar-refractivity contribution in [2.75, 3.05) is 20.8 Å². The number of carbonyl (C=O) groups is 1. The summed E-state index contributed by atoms with van der Waals surface area (Å²) < 4.78 is 17.0. The molecule has 1 N–H and O–H groups in total. The van der Waals surface area contributed by atoms with Gasteiger partial charge in [-0.05, 0) is 84.3 Å². The molecule has 0 unspecified atom stereocenters. The summed E-state index contributed by atoms with van der Waals surface area (Å²) in [5.41, 5.74) is 4.46. The van der Waals surface area contributed by atoms with Gasteiger partial charge < -0.3 is 19.2 Å². The zero-order valence-corrected chi connectivity index (χ0v) is 21.3. The minimum atomic E-state index is -0.277. The summed E-state index contributed by atoms with van der Waals surface area (Å²) in [4.78, 5) is 16.5. The highest BCUT2D eigenvalue weighted by molar-refractivity contribution is 6.03. The zero-order valence-electron chi connectivity index (χ0n) is 21.3. The van der Waals surface area contributed by atoms with Crippen molar-refractivity contribution in [2.45, 2.75) is 78.6 Å². The third-order valence-corrected chi connectivity index (χ3v) is 9.82. The predicted octanol–water partition coefficient (Wildman–Crippen LogP) is 6.42. The number of aromatic amines is 1. The average Bonchev–Trinajstić information content (AvgIpc) is 3.14. The molecule has 0 bridgehead atoms. The number of H-pyrrole nitrogens is 1. The van der Waals surface area contributed by atoms with E-state index in [1.54, 1.807) is 14.2 Å². The van der Waals surface area contributed by atoms with E-state index in [4.69, 9.17) is 14.2 Å². The Balaban J connectivity index is 1.78. The quantitative estimate of drug-likeness (QED) is 0.543. The van der Waals surface area contributed by atoms with Crippen molar-refractivity contribution >= 4 is 16.9 Å². The van der Waals surface area contributed by atoms with Gasteiger partial charge in [0, 0.05) is 5.39 Å². The van der Waals surface area contributed by atoms with Crippen LogP contribution in [0.15, 0.2) is 6.07 Å². The lowest BCUT2D eigenvalue weighted by atomic mass is 9.41. The molecule has 2 saturated carbocycles. The molecule has 1 aromatic heterocycles. The van der Waals surface area contributed by atoms with Gasteiger partial charge in [-0.3, -0.25) is 0 Å². The van der Waals surface area contributed by atoms with Crippen LogP contribution in [0.5, 0.6) is 11.5 Å². The molecule has 0 saturated heterocycles. The highest BCUT2D eigenvalue weighted by atomic mass is 16.5. The topological polar surface area (TPSA) is 60.6 Å². The van der Waals surface area contributed by atoms with Gasteiger partial charge in [0.2, 0.25) is 0 Å². The molecule has 4 atom stereocenters. The van der Waals surface area contributed by atoms with Crippen LogP contribution in [0.1, 0.15) is 88.3 Å². The summed E-state index contributed by atoms with van der Waals surface area (Å²) in [6, 6.07) is 2.19. The maximum Gasteiger partial charge on any atom is 0.355 e. The molecule has 180 valence electrons. The molecule has 0 amide bonds. The van der Waals surface area contributed by atoms with Crippen LogP contribution < -0.4 is 9.47 Å². The Morgan fingerprint density at radius 2 is 1.85 bits per heavy atom. The molecule has 1 heterocycles. The maximum absolute atomic E-state index is 13.1. The Morgan fingerprint density at radius 3 is 2.52 bits per heavy atom. The number of fused-ring (bicyclic) bond motifs is 4. The molecular weight excluding hydrogens is 414 g/mol. The van der Waals surface area contributed by atoms with Gasteiger partial charge in [0.15, 0.2) is 11.5 Å². The Hall–Kier alpha value is -2.17. The minimum Gasteiger partial charge on any atom is -0.493 e. The lowest BCUT2D eigenvalue weighted by Crippen LogP contribution is -2.57. The molecule has 1 aromatic carbocycles. The number of hydrogen-bond donors (Lipinski definition) is 1. The molecular formula is C28H39NO4. The first-order chi connectivity index (χ1) is 15.6. The number of carbonyl (C=O) groups excluding carboxylic acids is 1. The van der Waals surface area contributed by atoms with Gasteiger partial charge >= 0.3 is 5.97 Å². The minimum absolute atomic E-state index is 0.0254. The Labute approximate surface area is 197 Å². The third kappa shape index (κ3) is 2.93. The summed E-state index contributed by atoms with van der Waals surface area (Å²) in [7, 11) is 3.35. The molecule has 2 fully saturated rings. The number of benzene rings is 1. The normalized spacial score (nSPS) is 32.1. The largest absolute Gasteiger partial charge is 0.493 e. The van der Waals surface area contributed by atoms with Gasteiger partial charge in [0.05, 0.1) is 26.3 Å². The fourth-order valence-corrected chi connectivity index (χ4v) is 8.42. The third-order valence-electron chi connectivity index (χ3n) is 9.82. The summed E-state index contributed by atoms with van der Waals surface area (Å²) in [6.07, 6.45) is 7.14. The van der Waals surface area contributed by atoms with Gasteiger partial charge in [-0.2, -0.15) is 0 Å². The highest BCUT2D eigenvalue weighted by Gasteiger charge is 2.60. The number of esters is 1. The molecule has 2 aromatic rings. The lowest BCUT2D eigenvalue weighted by Gasteiger charge is -2.63. The van der Waals surface area contributed by atoms with E-state index in [9.17, 15) is 4.79 Å². The maximum atomic E-state index is 13.1. The molecule has 0 spiro atoms. The van der Waals surface area contributed by atoms with Crippen LogP contribution in [0.3, 0.4) is 0 Å². The Kier molecular flexibility index (Phi) is 5.08. The molecule has 0 aliphatic heterocycles. The number of hydrogen-bond acceptors (Lipinski definition) is 4. The summed E-state index contributed by atoms with van der Waals surface area (Å²) in [6.45, 7) is 12.2. The van der Waals surface area contributed by atoms with E-state index in [0.717, 1.165) is 35.1 Å². The van der Waals surface area contributed by atoms with E-state index in [2.05, 4.69) is 38.7 Å². The lowest BCUT2D eigenvalue weighted by molar-refractivity contribution is -0.105. The molecule has 3 aliphatic carbocycles. The highest BCUT2D eigenvalue weighted by Crippen LogP contribution is 2.67. The van der Waals surface area contributed by atoms with Gasteiger partial charge in [-0.25, -0.2) is 4.79 Å². The van der Waals surface area contributed by atoms with Crippen LogP contribution in [-0.4, -0.2) is 31.8 Å². The van der Waals surface area contributed by atoms with E-state index in [1.165, 1.54) is 31.2 Å². The molecule has 5 heteroatoms. The zero-order chi connectivity index (χ0) is 23.8. The predicted molar refractivity (Wildman–Crippen MR) is 130 cm³/mol. The van der Waals surface area contributed by atoms with Crippen LogP contribution >= 0.6 is 0 Å². The van der Waals surface area contributed by atoms with Gasteiger partial charge in [0.1, 0.15) is 5.69 Å². The van der Waals surface area contributed by atoms with Crippen LogP contribution in [0.25, 0.3) is 10.9 Å². The van der Waals surface area contributed by atoms with Crippen molar-refractivity contribution in [2.24, 2.45) is 22.7 Å². The van der Waals surface area contributed by atoms with Crippen molar-refractivity contribution in [3.05, 3.63) is 22.9 Å². The first-order valence-corrected chi connectivity index (χ1v) is 12.6. The number of methoxy groups -OCH3 is 2. The molecule has 3 aliphatic rings. The van der Waals surface area contributed by atoms with Crippen molar-refractivity contribution in [3.8, 4) is 11.5 Å². The van der Waals surface area contributed by atoms with Crippen LogP contribution in [0.2, 0.25) is 0 Å². The van der Waals surface area contributed by atoms with E-state index in [1.807, 2.05) is 6.92 Å². The van der Waals surface area contributed by atoms with Crippen LogP contribution in [0, 0.1) is 22.7 Å². The number of ether oxygens (including phenoxy) is 3. The van der Waals surface area contributed by atoms with Crippen molar-refractivity contribution < 1.29 is 19.0 Å². The second kappa shape index (κ2) is 7.41. The average molecular weight is 454 g/mol. The number of rotatable bonds is 4. The smallest absolute Gasteiger partial charge is 0.355 e. The van der Waals surface area contributed by atoms with E-state index < -0.39 is 0 Å². The summed E-state index contributed by atoms with van der Waals surface area (Å²) in [5.74, 6) is 2.26. The van der Waals surface area contributed by atoms with E-state index >= 15 is 0 Å². The first-order valence-electron chi connectivity index (χ1n) is 12.6. The molecule has 33 heavy (non-hydrogen) atoms. The Bertz CT molecular complexity index is 1120. The SMILES string of the molecule is CCOC(=O)c1[nH]c2c(OC)c(OC)cc3c2c1C[C@@H]1[C@@]2(C)CCCC(C)(C)[C@@H]2CC[C@@]31C. The van der Waals surface area contributed by atoms with Gasteiger partial charge in [0.25, 0.3) is 0 Å². The second-order valence-electron chi connectivity index (χ2n) is 11.7. The monoisotopic (exact) mass is 453 g/mol. The van der Waals surface area contributed by atoms with E-state index in [0.29, 0.717) is 35.3 Å². The van der Waals surface area contributed by atoms with Crippen molar-refractivity contribution in [1.29, 1.82) is 0 Å². The molecule has 5 nitrogen and oxygen atoms in total. The number of nitrogens with one attached hydrogen (secondary N) is 1. The number of aromatic nitrogens is 1. The summed E-state index contributed by atoms with van der Waals surface area (Å²) >= 11 is 0. The second-order valence-corrected chi connectivity index (χ2v) is 11.7. The van der Waals surface area contributed by atoms with Gasteiger partial charge in [-0.15, -0.1) is 0 Å². The van der Waals surface area contributed by atoms with Crippen molar-refractivity contribution in [1.82, 2.24) is 4.98 Å². The molecule has 0 radical (unpaired) electrons. The first kappa shape index (κ1) is 22.6. The van der Waals surface area contributed by atoms with Crippen LogP contribution in [-0.2, 0) is 16.6 Å². The standard InChI is InChI=1S/C28H39NO4/c1-8-33-25(30)22-16-14-20-27(4,13-10-19-26(2,3)11-9-12-28(19,20)5)17-15-18(31-6)24(32-7)23(29-22)21(16)17/h15,19-20,29H,8-14H2,1-7H3/t19-,20-,27-,28-/m0/s1. The van der Waals surface area contributed by atoms with Crippen LogP contribution in [0.4, 0.5) is 0 Å².